The van der Waals surface area contributed by atoms with Gasteiger partial charge in [-0.1, -0.05) is 13.8 Å². The van der Waals surface area contributed by atoms with E-state index in [1.165, 1.54) is 5.69 Å². The number of aromatic nitrogens is 4. The minimum Gasteiger partial charge on any atom is -0.269 e. The molecule has 0 fully saturated rings. The summed E-state index contributed by atoms with van der Waals surface area (Å²) in [4.78, 5) is 0. The van der Waals surface area contributed by atoms with Gasteiger partial charge in [-0.15, -0.1) is 0 Å². The molecule has 2 rings (SSSR count). The van der Waals surface area contributed by atoms with Crippen LogP contribution in [0.4, 0.5) is 0 Å². The molecule has 0 saturated heterocycles. The smallest absolute Gasteiger partial charge is 0.0852 e. The van der Waals surface area contributed by atoms with E-state index in [9.17, 15) is 0 Å². The predicted molar refractivity (Wildman–Crippen MR) is 67.9 cm³/mol. The first-order valence-electron chi connectivity index (χ1n) is 6.27. The highest BCUT2D eigenvalue weighted by Crippen LogP contribution is 2.14. The van der Waals surface area contributed by atoms with Crippen LogP contribution in [-0.4, -0.2) is 19.6 Å². The first kappa shape index (κ1) is 11.9. The fraction of sp³-hybridized carbons (Fsp3) is 0.538. The van der Waals surface area contributed by atoms with Crippen LogP contribution in [0.5, 0.6) is 0 Å². The molecule has 0 spiro atoms. The second kappa shape index (κ2) is 5.17. The van der Waals surface area contributed by atoms with Crippen LogP contribution in [0.2, 0.25) is 0 Å². The first-order valence-corrected chi connectivity index (χ1v) is 6.27. The monoisotopic (exact) mass is 232 g/mol. The summed E-state index contributed by atoms with van der Waals surface area (Å²) >= 11 is 0. The molecule has 92 valence electrons. The molecule has 2 heterocycles. The summed E-state index contributed by atoms with van der Waals surface area (Å²) in [6.45, 7) is 7.22. The zero-order valence-electron chi connectivity index (χ0n) is 10.8. The van der Waals surface area contributed by atoms with Crippen molar-refractivity contribution in [2.75, 3.05) is 0 Å². The number of hydrogen-bond acceptors (Lipinski definition) is 2. The molecule has 0 amide bonds. The third kappa shape index (κ3) is 2.57. The second-order valence-electron chi connectivity index (χ2n) is 4.39. The Morgan fingerprint density at radius 3 is 2.59 bits per heavy atom. The molecular formula is C13H20N4. The van der Waals surface area contributed by atoms with Crippen molar-refractivity contribution in [2.45, 2.75) is 46.2 Å². The van der Waals surface area contributed by atoms with Crippen molar-refractivity contribution >= 4 is 0 Å². The van der Waals surface area contributed by atoms with Gasteiger partial charge in [-0.2, -0.15) is 10.2 Å². The normalized spacial score (nSPS) is 11.3. The summed E-state index contributed by atoms with van der Waals surface area (Å²) in [5.41, 5.74) is 2.24. The molecule has 0 aliphatic rings. The van der Waals surface area contributed by atoms with Gasteiger partial charge in [-0.25, -0.2) is 0 Å². The third-order valence-corrected chi connectivity index (χ3v) is 3.22. The number of nitrogens with zero attached hydrogens (tertiary/aromatic N) is 4. The summed E-state index contributed by atoms with van der Waals surface area (Å²) in [5.74, 6) is 0. The third-order valence-electron chi connectivity index (χ3n) is 3.22. The minimum absolute atomic E-state index is 0.516. The van der Waals surface area contributed by atoms with E-state index in [1.807, 2.05) is 16.9 Å². The van der Waals surface area contributed by atoms with Crippen molar-refractivity contribution in [3.8, 4) is 0 Å². The SMILES string of the molecule is CCC(CC)n1ccc(Cn2nccc2C)n1. The molecule has 17 heavy (non-hydrogen) atoms. The topological polar surface area (TPSA) is 35.6 Å². The molecule has 0 aliphatic heterocycles. The van der Waals surface area contributed by atoms with Crippen molar-refractivity contribution < 1.29 is 0 Å². The van der Waals surface area contributed by atoms with Crippen molar-refractivity contribution in [3.05, 3.63) is 35.9 Å². The van der Waals surface area contributed by atoms with E-state index < -0.39 is 0 Å². The van der Waals surface area contributed by atoms with Crippen molar-refractivity contribution in [1.82, 2.24) is 19.6 Å². The zero-order valence-corrected chi connectivity index (χ0v) is 10.8. The molecular weight excluding hydrogens is 212 g/mol. The number of rotatable bonds is 5. The average molecular weight is 232 g/mol. The maximum Gasteiger partial charge on any atom is 0.0852 e. The number of aryl methyl sites for hydroxylation is 1. The fourth-order valence-corrected chi connectivity index (χ4v) is 2.05. The molecule has 0 aromatic carbocycles. The van der Waals surface area contributed by atoms with E-state index in [2.05, 4.69) is 47.9 Å². The Hall–Kier alpha value is -1.58. The van der Waals surface area contributed by atoms with Gasteiger partial charge in [0.05, 0.1) is 18.3 Å². The zero-order chi connectivity index (χ0) is 12.3. The molecule has 0 radical (unpaired) electrons. The Morgan fingerprint density at radius 1 is 1.24 bits per heavy atom. The van der Waals surface area contributed by atoms with Gasteiger partial charge in [0, 0.05) is 18.1 Å². The molecule has 0 saturated carbocycles. The maximum absolute atomic E-state index is 4.62. The Balaban J connectivity index is 2.11. The Morgan fingerprint density at radius 2 is 2.00 bits per heavy atom. The lowest BCUT2D eigenvalue weighted by Gasteiger charge is -2.12. The summed E-state index contributed by atoms with van der Waals surface area (Å²) < 4.78 is 4.05. The van der Waals surface area contributed by atoms with Gasteiger partial charge in [-0.3, -0.25) is 9.36 Å². The van der Waals surface area contributed by atoms with Gasteiger partial charge in [0.25, 0.3) is 0 Å². The average Bonchev–Trinajstić information content (AvgIpc) is 2.92. The Kier molecular flexibility index (Phi) is 3.61. The van der Waals surface area contributed by atoms with Crippen LogP contribution in [-0.2, 0) is 6.54 Å². The van der Waals surface area contributed by atoms with E-state index in [-0.39, 0.29) is 0 Å². The summed E-state index contributed by atoms with van der Waals surface area (Å²) in [5, 5.41) is 8.90. The molecule has 2 aromatic heterocycles. The highest BCUT2D eigenvalue weighted by atomic mass is 15.3. The van der Waals surface area contributed by atoms with Crippen LogP contribution in [0.15, 0.2) is 24.5 Å². The predicted octanol–water partition coefficient (Wildman–Crippen LogP) is 2.80. The van der Waals surface area contributed by atoms with Crippen LogP contribution < -0.4 is 0 Å². The van der Waals surface area contributed by atoms with Gasteiger partial charge in [-0.05, 0) is 31.9 Å². The van der Waals surface area contributed by atoms with Gasteiger partial charge in [0.1, 0.15) is 0 Å². The van der Waals surface area contributed by atoms with Crippen LogP contribution >= 0.6 is 0 Å². The van der Waals surface area contributed by atoms with E-state index in [0.29, 0.717) is 6.04 Å². The molecule has 0 aliphatic carbocycles. The second-order valence-corrected chi connectivity index (χ2v) is 4.39. The minimum atomic E-state index is 0.516. The lowest BCUT2D eigenvalue weighted by atomic mass is 10.2. The fourth-order valence-electron chi connectivity index (χ4n) is 2.05. The molecule has 4 nitrogen and oxygen atoms in total. The highest BCUT2D eigenvalue weighted by molar-refractivity contribution is 5.04. The van der Waals surface area contributed by atoms with E-state index in [1.54, 1.807) is 0 Å². The standard InChI is InChI=1S/C13H20N4/c1-4-13(5-2)16-9-7-12(15-16)10-17-11(3)6-8-14-17/h6-9,13H,4-5,10H2,1-3H3. The van der Waals surface area contributed by atoms with Crippen molar-refractivity contribution in [3.63, 3.8) is 0 Å². The van der Waals surface area contributed by atoms with Crippen molar-refractivity contribution in [2.24, 2.45) is 0 Å². The summed E-state index contributed by atoms with van der Waals surface area (Å²) in [6, 6.07) is 4.61. The van der Waals surface area contributed by atoms with Crippen LogP contribution in [0.3, 0.4) is 0 Å². The molecule has 4 heteroatoms. The van der Waals surface area contributed by atoms with Crippen molar-refractivity contribution in [1.29, 1.82) is 0 Å². The molecule has 0 atom stereocenters. The first-order chi connectivity index (χ1) is 8.24. The summed E-state index contributed by atoms with van der Waals surface area (Å²) in [6.07, 6.45) is 6.15. The van der Waals surface area contributed by atoms with Crippen LogP contribution in [0.25, 0.3) is 0 Å². The van der Waals surface area contributed by atoms with Crippen LogP contribution in [0.1, 0.15) is 44.1 Å². The van der Waals surface area contributed by atoms with Gasteiger partial charge >= 0.3 is 0 Å². The van der Waals surface area contributed by atoms with Gasteiger partial charge < -0.3 is 0 Å². The quantitative estimate of drug-likeness (QED) is 0.794. The van der Waals surface area contributed by atoms with E-state index in [0.717, 1.165) is 25.1 Å². The molecule has 0 bridgehead atoms. The lowest BCUT2D eigenvalue weighted by molar-refractivity contribution is 0.423. The van der Waals surface area contributed by atoms with E-state index >= 15 is 0 Å². The molecule has 2 aromatic rings. The molecule has 0 N–H and O–H groups in total. The lowest BCUT2D eigenvalue weighted by Crippen LogP contribution is -2.09. The van der Waals surface area contributed by atoms with Gasteiger partial charge in [0.15, 0.2) is 0 Å². The number of hydrogen-bond donors (Lipinski definition) is 0. The Labute approximate surface area is 102 Å². The Bertz CT molecular complexity index is 465. The summed E-state index contributed by atoms with van der Waals surface area (Å²) in [7, 11) is 0. The largest absolute Gasteiger partial charge is 0.269 e. The molecule has 0 unspecified atom stereocenters. The highest BCUT2D eigenvalue weighted by Gasteiger charge is 2.08. The van der Waals surface area contributed by atoms with E-state index in [4.69, 9.17) is 0 Å². The maximum atomic E-state index is 4.62. The van der Waals surface area contributed by atoms with Crippen LogP contribution in [0, 0.1) is 6.92 Å². The van der Waals surface area contributed by atoms with Gasteiger partial charge in [0.2, 0.25) is 0 Å².